The second-order valence-electron chi connectivity index (χ2n) is 7.68. The third-order valence-electron chi connectivity index (χ3n) is 5.39. The predicted molar refractivity (Wildman–Crippen MR) is 101 cm³/mol. The van der Waals surface area contributed by atoms with E-state index >= 15 is 0 Å². The zero-order valence-electron chi connectivity index (χ0n) is 14.2. The molecule has 5 nitrogen and oxygen atoms in total. The van der Waals surface area contributed by atoms with E-state index in [1.54, 1.807) is 0 Å². The number of fused-ring (bicyclic) bond motifs is 2. The average molecular weight is 425 g/mol. The summed E-state index contributed by atoms with van der Waals surface area (Å²) in [5, 5.41) is 6.37. The number of carbonyl (C=O) groups excluding carboxylic acids is 1. The van der Waals surface area contributed by atoms with Crippen molar-refractivity contribution in [2.24, 2.45) is 5.92 Å². The van der Waals surface area contributed by atoms with Gasteiger partial charge in [-0.2, -0.15) is 0 Å². The summed E-state index contributed by atoms with van der Waals surface area (Å²) in [6.45, 7) is 4.94. The van der Waals surface area contributed by atoms with Gasteiger partial charge in [-0.25, -0.2) is 0 Å². The Labute approximate surface area is 161 Å². The first-order valence-corrected chi connectivity index (χ1v) is 9.73. The predicted octanol–water partition coefficient (Wildman–Crippen LogP) is 3.01. The topological polar surface area (TPSA) is 59.6 Å². The van der Waals surface area contributed by atoms with E-state index in [0.717, 1.165) is 35.2 Å². The lowest BCUT2D eigenvalue weighted by molar-refractivity contribution is -0.128. The van der Waals surface area contributed by atoms with Crippen LogP contribution in [-0.4, -0.2) is 29.3 Å². The van der Waals surface area contributed by atoms with Crippen molar-refractivity contribution in [2.45, 2.75) is 50.4 Å². The molecule has 0 saturated carbocycles. The largest absolute Gasteiger partial charge is 0.490 e. The maximum atomic E-state index is 12.8. The Hall–Kier alpha value is -1.18. The van der Waals surface area contributed by atoms with E-state index in [9.17, 15) is 4.79 Å². The number of benzene rings is 1. The van der Waals surface area contributed by atoms with Crippen molar-refractivity contribution >= 4 is 39.2 Å². The Morgan fingerprint density at radius 2 is 2.12 bits per heavy atom. The highest BCUT2D eigenvalue weighted by molar-refractivity contribution is 9.10. The minimum atomic E-state index is -0.860. The molecule has 0 aliphatic carbocycles. The molecule has 3 aliphatic rings. The first-order chi connectivity index (χ1) is 11.8. The molecular formula is C18H21BrN2O3S. The molecule has 1 amide bonds. The average Bonchev–Trinajstić information content (AvgIpc) is 2.81. The van der Waals surface area contributed by atoms with E-state index in [1.165, 1.54) is 0 Å². The molecule has 1 aromatic rings. The SMILES string of the molecule is CC1(C)CC(C2CC3(NC(=S)NC3=O)c3cc(Br)ccc3O2)CCO1. The Morgan fingerprint density at radius 3 is 2.80 bits per heavy atom. The van der Waals surface area contributed by atoms with Crippen molar-refractivity contribution in [1.82, 2.24) is 10.6 Å². The second kappa shape index (κ2) is 5.93. The Balaban J connectivity index is 1.73. The van der Waals surface area contributed by atoms with Gasteiger partial charge in [-0.1, -0.05) is 15.9 Å². The van der Waals surface area contributed by atoms with Crippen LogP contribution >= 0.6 is 28.1 Å². The van der Waals surface area contributed by atoms with Gasteiger partial charge in [0, 0.05) is 29.0 Å². The van der Waals surface area contributed by atoms with Gasteiger partial charge in [0.25, 0.3) is 5.91 Å². The second-order valence-corrected chi connectivity index (χ2v) is 9.00. The van der Waals surface area contributed by atoms with Crippen LogP contribution in [0.15, 0.2) is 22.7 Å². The maximum absolute atomic E-state index is 12.8. The first-order valence-electron chi connectivity index (χ1n) is 8.53. The molecule has 7 heteroatoms. The van der Waals surface area contributed by atoms with Gasteiger partial charge in [0.05, 0.1) is 5.60 Å². The maximum Gasteiger partial charge on any atom is 0.256 e. The van der Waals surface area contributed by atoms with Gasteiger partial charge in [0.2, 0.25) is 0 Å². The number of ether oxygens (including phenoxy) is 2. The normalized spacial score (nSPS) is 33.4. The summed E-state index contributed by atoms with van der Waals surface area (Å²) in [6, 6.07) is 5.81. The van der Waals surface area contributed by atoms with Crippen LogP contribution < -0.4 is 15.4 Å². The Morgan fingerprint density at radius 1 is 1.32 bits per heavy atom. The fourth-order valence-corrected chi connectivity index (χ4v) is 4.87. The summed E-state index contributed by atoms with van der Waals surface area (Å²) in [5.41, 5.74) is -0.191. The van der Waals surface area contributed by atoms with Crippen LogP contribution in [0.4, 0.5) is 0 Å². The molecule has 0 aromatic heterocycles. The molecule has 4 rings (SSSR count). The lowest BCUT2D eigenvalue weighted by atomic mass is 9.75. The quantitative estimate of drug-likeness (QED) is 0.678. The van der Waals surface area contributed by atoms with Crippen LogP contribution in [0.2, 0.25) is 0 Å². The molecule has 2 N–H and O–H groups in total. The van der Waals surface area contributed by atoms with Crippen molar-refractivity contribution in [3.05, 3.63) is 28.2 Å². The van der Waals surface area contributed by atoms with Gasteiger partial charge >= 0.3 is 0 Å². The molecule has 2 fully saturated rings. The van der Waals surface area contributed by atoms with Crippen LogP contribution in [0.3, 0.4) is 0 Å². The number of thiocarbonyl (C=S) groups is 1. The number of hydrogen-bond donors (Lipinski definition) is 2. The monoisotopic (exact) mass is 424 g/mol. The van der Waals surface area contributed by atoms with E-state index in [0.29, 0.717) is 17.5 Å². The summed E-state index contributed by atoms with van der Waals surface area (Å²) in [6.07, 6.45) is 2.34. The molecular weight excluding hydrogens is 404 g/mol. The summed E-state index contributed by atoms with van der Waals surface area (Å²) in [4.78, 5) is 12.8. The molecule has 3 aliphatic heterocycles. The third-order valence-corrected chi connectivity index (χ3v) is 6.09. The van der Waals surface area contributed by atoms with Crippen molar-refractivity contribution in [3.8, 4) is 5.75 Å². The van der Waals surface area contributed by atoms with Crippen LogP contribution in [0, 0.1) is 5.92 Å². The smallest absolute Gasteiger partial charge is 0.256 e. The van der Waals surface area contributed by atoms with Gasteiger partial charge in [-0.15, -0.1) is 0 Å². The fourth-order valence-electron chi connectivity index (χ4n) is 4.24. The van der Waals surface area contributed by atoms with E-state index in [4.69, 9.17) is 21.7 Å². The van der Waals surface area contributed by atoms with Crippen molar-refractivity contribution in [1.29, 1.82) is 0 Å². The lowest BCUT2D eigenvalue weighted by Gasteiger charge is -2.44. The zero-order valence-corrected chi connectivity index (χ0v) is 16.6. The van der Waals surface area contributed by atoms with Crippen molar-refractivity contribution < 1.29 is 14.3 Å². The minimum absolute atomic E-state index is 0.0593. The number of hydrogen-bond acceptors (Lipinski definition) is 4. The van der Waals surface area contributed by atoms with E-state index in [-0.39, 0.29) is 17.6 Å². The number of amides is 1. The van der Waals surface area contributed by atoms with Crippen LogP contribution in [0.1, 0.15) is 38.7 Å². The van der Waals surface area contributed by atoms with Crippen molar-refractivity contribution in [3.63, 3.8) is 0 Å². The Kier molecular flexibility index (Phi) is 4.09. The lowest BCUT2D eigenvalue weighted by Crippen LogP contribution is -2.53. The summed E-state index contributed by atoms with van der Waals surface area (Å²) < 4.78 is 13.1. The van der Waals surface area contributed by atoms with E-state index < -0.39 is 5.54 Å². The number of rotatable bonds is 1. The molecule has 134 valence electrons. The molecule has 2 saturated heterocycles. The molecule has 0 radical (unpaired) electrons. The van der Waals surface area contributed by atoms with Gasteiger partial charge in [0.1, 0.15) is 11.9 Å². The molecule has 25 heavy (non-hydrogen) atoms. The fraction of sp³-hybridized carbons (Fsp3) is 0.556. The highest BCUT2D eigenvalue weighted by atomic mass is 79.9. The number of carbonyl (C=O) groups is 1. The summed E-state index contributed by atoms with van der Waals surface area (Å²) in [7, 11) is 0. The molecule has 3 heterocycles. The van der Waals surface area contributed by atoms with Crippen LogP contribution in [0.25, 0.3) is 0 Å². The molecule has 1 aromatic carbocycles. The highest BCUT2D eigenvalue weighted by Crippen LogP contribution is 2.46. The molecule has 3 unspecified atom stereocenters. The summed E-state index contributed by atoms with van der Waals surface area (Å²) >= 11 is 8.73. The standard InChI is InChI=1S/C18H21BrN2O3S/c1-17(2)8-10(5-6-23-17)14-9-18(15(22)20-16(25)21-18)12-7-11(19)3-4-13(12)24-14/h3-4,7,10,14H,5-6,8-9H2,1-2H3,(H2,20,21,22,25). The van der Waals surface area contributed by atoms with Crippen LogP contribution in [-0.2, 0) is 15.1 Å². The first kappa shape index (κ1) is 17.2. The molecule has 0 bridgehead atoms. The summed E-state index contributed by atoms with van der Waals surface area (Å²) in [5.74, 6) is 0.980. The van der Waals surface area contributed by atoms with E-state index in [1.807, 2.05) is 18.2 Å². The van der Waals surface area contributed by atoms with E-state index in [2.05, 4.69) is 40.4 Å². The number of nitrogens with one attached hydrogen (secondary N) is 2. The Bertz CT molecular complexity index is 754. The molecule has 3 atom stereocenters. The minimum Gasteiger partial charge on any atom is -0.490 e. The van der Waals surface area contributed by atoms with Gasteiger partial charge in [0.15, 0.2) is 10.7 Å². The number of halogens is 1. The van der Waals surface area contributed by atoms with Crippen LogP contribution in [0.5, 0.6) is 5.75 Å². The highest BCUT2D eigenvalue weighted by Gasteiger charge is 2.54. The van der Waals surface area contributed by atoms with Gasteiger partial charge in [-0.05, 0) is 57.1 Å². The van der Waals surface area contributed by atoms with Crippen molar-refractivity contribution in [2.75, 3.05) is 6.61 Å². The zero-order chi connectivity index (χ0) is 17.8. The third kappa shape index (κ3) is 2.96. The molecule has 1 spiro atoms. The van der Waals surface area contributed by atoms with Gasteiger partial charge < -0.3 is 20.1 Å². The van der Waals surface area contributed by atoms with Gasteiger partial charge in [-0.3, -0.25) is 4.79 Å².